The van der Waals surface area contributed by atoms with Crippen molar-refractivity contribution in [3.05, 3.63) is 34.1 Å². The second-order valence-electron chi connectivity index (χ2n) is 4.92. The highest BCUT2D eigenvalue weighted by atomic mass is 79.9. The van der Waals surface area contributed by atoms with Crippen molar-refractivity contribution in [1.82, 2.24) is 5.32 Å². The van der Waals surface area contributed by atoms with Crippen LogP contribution in [0.5, 0.6) is 0 Å². The zero-order valence-electron chi connectivity index (χ0n) is 11.5. The molecule has 1 amide bonds. The molecule has 0 fully saturated rings. The fourth-order valence-corrected chi connectivity index (χ4v) is 1.70. The van der Waals surface area contributed by atoms with Crippen LogP contribution < -0.4 is 5.32 Å². The Morgan fingerprint density at radius 3 is 2.75 bits per heavy atom. The molecule has 0 aliphatic carbocycles. The van der Waals surface area contributed by atoms with Gasteiger partial charge in [-0.2, -0.15) is 0 Å². The minimum absolute atomic E-state index is 0.0641. The number of rotatable bonds is 7. The molecule has 0 saturated heterocycles. The van der Waals surface area contributed by atoms with Crippen LogP contribution in [0.4, 0.5) is 4.39 Å². The summed E-state index contributed by atoms with van der Waals surface area (Å²) in [4.78, 5) is 11.7. The first-order chi connectivity index (χ1) is 9.40. The van der Waals surface area contributed by atoms with E-state index in [0.29, 0.717) is 17.0 Å². The highest BCUT2D eigenvalue weighted by Gasteiger charge is 2.11. The van der Waals surface area contributed by atoms with Gasteiger partial charge in [0.2, 0.25) is 0 Å². The monoisotopic (exact) mass is 347 g/mol. The van der Waals surface area contributed by atoms with Crippen LogP contribution in [0, 0.1) is 11.7 Å². The molecule has 2 N–H and O–H groups in total. The number of aliphatic hydroxyl groups excluding tert-OH is 1. The van der Waals surface area contributed by atoms with Gasteiger partial charge < -0.3 is 15.2 Å². The molecule has 0 aliphatic heterocycles. The zero-order chi connectivity index (χ0) is 15.1. The molecular formula is C14H19BrFNO3. The van der Waals surface area contributed by atoms with Gasteiger partial charge in [0.05, 0.1) is 17.2 Å². The molecule has 0 aromatic heterocycles. The predicted octanol–water partition coefficient (Wildman–Crippen LogP) is 2.35. The van der Waals surface area contributed by atoms with Crippen molar-refractivity contribution in [2.75, 3.05) is 19.8 Å². The van der Waals surface area contributed by atoms with Gasteiger partial charge in [0.1, 0.15) is 5.82 Å². The Hall–Kier alpha value is -0.980. The molecule has 0 aliphatic rings. The predicted molar refractivity (Wildman–Crippen MR) is 78.1 cm³/mol. The third-order valence-corrected chi connectivity index (χ3v) is 3.08. The number of aliphatic hydroxyl groups is 1. The topological polar surface area (TPSA) is 58.6 Å². The second-order valence-corrected chi connectivity index (χ2v) is 5.78. The van der Waals surface area contributed by atoms with Gasteiger partial charge in [-0.05, 0) is 40.0 Å². The smallest absolute Gasteiger partial charge is 0.251 e. The summed E-state index contributed by atoms with van der Waals surface area (Å²) >= 11 is 3.02. The largest absolute Gasteiger partial charge is 0.389 e. The maximum atomic E-state index is 13.3. The van der Waals surface area contributed by atoms with Crippen LogP contribution in [-0.2, 0) is 4.74 Å². The maximum absolute atomic E-state index is 13.3. The molecule has 1 rings (SSSR count). The standard InChI is InChI=1S/C14H19BrFNO3/c1-9(2)7-20-8-11(18)6-17-14(19)10-3-4-12(15)13(16)5-10/h3-5,9,11,18H,6-8H2,1-2H3,(H,17,19). The van der Waals surface area contributed by atoms with E-state index in [-0.39, 0.29) is 18.7 Å². The van der Waals surface area contributed by atoms with E-state index in [1.165, 1.54) is 12.1 Å². The highest BCUT2D eigenvalue weighted by Crippen LogP contribution is 2.16. The summed E-state index contributed by atoms with van der Waals surface area (Å²) in [5, 5.41) is 12.2. The molecule has 20 heavy (non-hydrogen) atoms. The van der Waals surface area contributed by atoms with Crippen molar-refractivity contribution in [2.24, 2.45) is 5.92 Å². The molecule has 1 unspecified atom stereocenters. The molecule has 1 aromatic carbocycles. The first-order valence-electron chi connectivity index (χ1n) is 6.39. The van der Waals surface area contributed by atoms with Gasteiger partial charge in [0.15, 0.2) is 0 Å². The third kappa shape index (κ3) is 5.98. The summed E-state index contributed by atoms with van der Waals surface area (Å²) in [5.41, 5.74) is 0.209. The number of ether oxygens (including phenoxy) is 1. The number of hydrogen-bond acceptors (Lipinski definition) is 3. The van der Waals surface area contributed by atoms with E-state index in [1.807, 2.05) is 13.8 Å². The molecule has 0 radical (unpaired) electrons. The molecule has 112 valence electrons. The Morgan fingerprint density at radius 2 is 2.15 bits per heavy atom. The van der Waals surface area contributed by atoms with Crippen molar-refractivity contribution in [3.8, 4) is 0 Å². The zero-order valence-corrected chi connectivity index (χ0v) is 13.1. The molecule has 4 nitrogen and oxygen atoms in total. The van der Waals surface area contributed by atoms with Crippen LogP contribution in [0.3, 0.4) is 0 Å². The van der Waals surface area contributed by atoms with E-state index in [9.17, 15) is 14.3 Å². The van der Waals surface area contributed by atoms with Gasteiger partial charge in [0, 0.05) is 18.7 Å². The second kappa shape index (κ2) is 8.34. The minimum Gasteiger partial charge on any atom is -0.389 e. The lowest BCUT2D eigenvalue weighted by Crippen LogP contribution is -2.34. The van der Waals surface area contributed by atoms with Crippen LogP contribution in [0.25, 0.3) is 0 Å². The van der Waals surface area contributed by atoms with E-state index in [4.69, 9.17) is 4.74 Å². The summed E-state index contributed by atoms with van der Waals surface area (Å²) in [6.45, 7) is 4.80. The SMILES string of the molecule is CC(C)COCC(O)CNC(=O)c1ccc(Br)c(F)c1. The Bertz CT molecular complexity index is 454. The Morgan fingerprint density at radius 1 is 1.45 bits per heavy atom. The minimum atomic E-state index is -0.780. The maximum Gasteiger partial charge on any atom is 0.251 e. The van der Waals surface area contributed by atoms with Crippen molar-refractivity contribution >= 4 is 21.8 Å². The van der Waals surface area contributed by atoms with Crippen LogP contribution in [0.1, 0.15) is 24.2 Å². The summed E-state index contributed by atoms with van der Waals surface area (Å²) in [7, 11) is 0. The number of hydrogen-bond donors (Lipinski definition) is 2. The van der Waals surface area contributed by atoms with E-state index in [1.54, 1.807) is 0 Å². The van der Waals surface area contributed by atoms with E-state index in [2.05, 4.69) is 21.2 Å². The first kappa shape index (κ1) is 17.1. The summed E-state index contributed by atoms with van der Waals surface area (Å²) in [5.74, 6) is -0.541. The molecular weight excluding hydrogens is 329 g/mol. The van der Waals surface area contributed by atoms with Gasteiger partial charge in [0.25, 0.3) is 5.91 Å². The van der Waals surface area contributed by atoms with Crippen molar-refractivity contribution in [3.63, 3.8) is 0 Å². The number of benzene rings is 1. The highest BCUT2D eigenvalue weighted by molar-refractivity contribution is 9.10. The van der Waals surface area contributed by atoms with Gasteiger partial charge in [-0.25, -0.2) is 4.39 Å². The van der Waals surface area contributed by atoms with E-state index in [0.717, 1.165) is 6.07 Å². The van der Waals surface area contributed by atoms with Gasteiger partial charge >= 0.3 is 0 Å². The number of carbonyl (C=O) groups is 1. The molecule has 1 aromatic rings. The van der Waals surface area contributed by atoms with E-state index < -0.39 is 17.8 Å². The number of amides is 1. The van der Waals surface area contributed by atoms with Gasteiger partial charge in [-0.15, -0.1) is 0 Å². The van der Waals surface area contributed by atoms with Crippen LogP contribution in [-0.4, -0.2) is 36.9 Å². The Kier molecular flexibility index (Phi) is 7.12. The van der Waals surface area contributed by atoms with Crippen molar-refractivity contribution in [1.29, 1.82) is 0 Å². The van der Waals surface area contributed by atoms with Gasteiger partial charge in [-0.3, -0.25) is 4.79 Å². The van der Waals surface area contributed by atoms with Crippen molar-refractivity contribution < 1.29 is 19.0 Å². The number of halogens is 2. The lowest BCUT2D eigenvalue weighted by Gasteiger charge is -2.13. The average Bonchev–Trinajstić information content (AvgIpc) is 2.38. The Labute approximate surface area is 126 Å². The summed E-state index contributed by atoms with van der Waals surface area (Å²) < 4.78 is 18.8. The Balaban J connectivity index is 2.37. The molecule has 0 saturated carbocycles. The quantitative estimate of drug-likeness (QED) is 0.795. The van der Waals surface area contributed by atoms with Crippen LogP contribution >= 0.6 is 15.9 Å². The normalized spacial score (nSPS) is 12.5. The fraction of sp³-hybridized carbons (Fsp3) is 0.500. The summed E-state index contributed by atoms with van der Waals surface area (Å²) in [6.07, 6.45) is -0.780. The molecule has 0 spiro atoms. The lowest BCUT2D eigenvalue weighted by atomic mass is 10.2. The van der Waals surface area contributed by atoms with Gasteiger partial charge in [-0.1, -0.05) is 13.8 Å². The van der Waals surface area contributed by atoms with E-state index >= 15 is 0 Å². The number of carbonyl (C=O) groups excluding carboxylic acids is 1. The molecule has 0 heterocycles. The molecule has 6 heteroatoms. The molecule has 1 atom stereocenters. The fourth-order valence-electron chi connectivity index (χ4n) is 1.45. The molecule has 0 bridgehead atoms. The summed E-state index contributed by atoms with van der Waals surface area (Å²) in [6, 6.07) is 4.11. The average molecular weight is 348 g/mol. The van der Waals surface area contributed by atoms with Crippen molar-refractivity contribution in [2.45, 2.75) is 20.0 Å². The van der Waals surface area contributed by atoms with Crippen LogP contribution in [0.15, 0.2) is 22.7 Å². The lowest BCUT2D eigenvalue weighted by molar-refractivity contribution is 0.0259. The van der Waals surface area contributed by atoms with Crippen LogP contribution in [0.2, 0.25) is 0 Å². The third-order valence-electron chi connectivity index (χ3n) is 2.44. The first-order valence-corrected chi connectivity index (χ1v) is 7.18. The number of nitrogens with one attached hydrogen (secondary N) is 1.